The molecule has 0 radical (unpaired) electrons. The number of nitrogens with one attached hydrogen (secondary N) is 1. The van der Waals surface area contributed by atoms with E-state index < -0.39 is 0 Å². The summed E-state index contributed by atoms with van der Waals surface area (Å²) in [4.78, 5) is 16.5. The monoisotopic (exact) mass is 292 g/mol. The minimum Gasteiger partial charge on any atom is -0.383 e. The van der Waals surface area contributed by atoms with Crippen LogP contribution in [0, 0.1) is 0 Å². The summed E-state index contributed by atoms with van der Waals surface area (Å²) < 4.78 is 5.07. The third kappa shape index (κ3) is 3.68. The van der Waals surface area contributed by atoms with Crippen LogP contribution in [-0.2, 0) is 4.74 Å². The van der Waals surface area contributed by atoms with E-state index in [1.165, 1.54) is 0 Å². The predicted molar refractivity (Wildman–Crippen MR) is 80.2 cm³/mol. The molecule has 1 unspecified atom stereocenters. The Kier molecular flexibility index (Phi) is 5.32. The van der Waals surface area contributed by atoms with Gasteiger partial charge in [-0.15, -0.1) is 11.6 Å². The van der Waals surface area contributed by atoms with Crippen molar-refractivity contribution >= 4 is 28.4 Å². The number of amides is 1. The van der Waals surface area contributed by atoms with E-state index in [9.17, 15) is 4.79 Å². The Morgan fingerprint density at radius 1 is 1.35 bits per heavy atom. The van der Waals surface area contributed by atoms with Gasteiger partial charge in [0.15, 0.2) is 0 Å². The van der Waals surface area contributed by atoms with Gasteiger partial charge in [-0.05, 0) is 18.6 Å². The van der Waals surface area contributed by atoms with Crippen molar-refractivity contribution in [2.24, 2.45) is 0 Å². The molecule has 0 aliphatic rings. The van der Waals surface area contributed by atoms with Gasteiger partial charge in [-0.25, -0.2) is 4.98 Å². The summed E-state index contributed by atoms with van der Waals surface area (Å²) in [5, 5.41) is 3.90. The lowest BCUT2D eigenvalue weighted by molar-refractivity contribution is 0.0890. The van der Waals surface area contributed by atoms with Crippen LogP contribution in [0.4, 0.5) is 0 Å². The van der Waals surface area contributed by atoms with E-state index >= 15 is 0 Å². The van der Waals surface area contributed by atoms with Crippen LogP contribution < -0.4 is 5.32 Å². The lowest BCUT2D eigenvalue weighted by Crippen LogP contribution is -2.38. The summed E-state index contributed by atoms with van der Waals surface area (Å²) in [5.74, 6) is 0.266. The first-order chi connectivity index (χ1) is 9.74. The zero-order chi connectivity index (χ0) is 14.4. The topological polar surface area (TPSA) is 51.2 Å². The van der Waals surface area contributed by atoms with Crippen molar-refractivity contribution in [1.82, 2.24) is 10.3 Å². The Bertz CT molecular complexity index is 583. The Labute approximate surface area is 123 Å². The van der Waals surface area contributed by atoms with Crippen molar-refractivity contribution in [3.05, 3.63) is 42.1 Å². The Morgan fingerprint density at radius 3 is 2.90 bits per heavy atom. The molecule has 1 aromatic heterocycles. The van der Waals surface area contributed by atoms with Crippen LogP contribution in [0.25, 0.3) is 10.9 Å². The van der Waals surface area contributed by atoms with Gasteiger partial charge in [0.25, 0.3) is 5.91 Å². The molecule has 1 amide bonds. The lowest BCUT2D eigenvalue weighted by Gasteiger charge is -2.16. The van der Waals surface area contributed by atoms with E-state index in [0.717, 1.165) is 10.9 Å². The number of ether oxygens (including phenoxy) is 1. The summed E-state index contributed by atoms with van der Waals surface area (Å²) >= 11 is 5.72. The average Bonchev–Trinajstić information content (AvgIpc) is 2.47. The fraction of sp³-hybridized carbons (Fsp3) is 0.333. The number of nitrogens with zero attached hydrogens (tertiary/aromatic N) is 1. The van der Waals surface area contributed by atoms with Crippen molar-refractivity contribution in [1.29, 1.82) is 0 Å². The molecule has 0 saturated carbocycles. The minimum absolute atomic E-state index is 0.0988. The second-order valence-electron chi connectivity index (χ2n) is 4.49. The number of fused-ring (bicyclic) bond motifs is 1. The van der Waals surface area contributed by atoms with Crippen LogP contribution in [0.1, 0.15) is 16.9 Å². The quantitative estimate of drug-likeness (QED) is 0.833. The molecule has 4 nitrogen and oxygen atoms in total. The molecule has 0 spiro atoms. The van der Waals surface area contributed by atoms with Gasteiger partial charge in [0.05, 0.1) is 18.2 Å². The molecule has 1 aromatic carbocycles. The first-order valence-electron chi connectivity index (χ1n) is 6.46. The fourth-order valence-corrected chi connectivity index (χ4v) is 2.25. The fourth-order valence-electron chi connectivity index (χ4n) is 1.98. The molecule has 2 aromatic rings. The molecular formula is C15H17ClN2O2. The van der Waals surface area contributed by atoms with Gasteiger partial charge in [-0.1, -0.05) is 24.3 Å². The van der Waals surface area contributed by atoms with Gasteiger partial charge >= 0.3 is 0 Å². The van der Waals surface area contributed by atoms with Gasteiger partial charge in [0.2, 0.25) is 0 Å². The molecule has 0 fully saturated rings. The lowest BCUT2D eigenvalue weighted by atomic mass is 10.2. The van der Waals surface area contributed by atoms with E-state index in [2.05, 4.69) is 10.3 Å². The van der Waals surface area contributed by atoms with Gasteiger partial charge < -0.3 is 10.1 Å². The average molecular weight is 293 g/mol. The van der Waals surface area contributed by atoms with E-state index in [4.69, 9.17) is 16.3 Å². The number of hydrogen-bond acceptors (Lipinski definition) is 3. The Hall–Kier alpha value is -1.65. The van der Waals surface area contributed by atoms with Crippen molar-refractivity contribution in [2.45, 2.75) is 12.5 Å². The molecule has 5 heteroatoms. The number of hydrogen-bond donors (Lipinski definition) is 1. The second-order valence-corrected chi connectivity index (χ2v) is 4.87. The molecular weight excluding hydrogens is 276 g/mol. The highest BCUT2D eigenvalue weighted by molar-refractivity contribution is 6.17. The number of benzene rings is 1. The van der Waals surface area contributed by atoms with Crippen molar-refractivity contribution in [3.63, 3.8) is 0 Å². The number of methoxy groups -OCH3 is 1. The smallest absolute Gasteiger partial charge is 0.270 e. The minimum atomic E-state index is -0.206. The van der Waals surface area contributed by atoms with Crippen LogP contribution in [-0.4, -0.2) is 36.5 Å². The number of rotatable bonds is 6. The van der Waals surface area contributed by atoms with Crippen LogP contribution in [0.15, 0.2) is 36.4 Å². The maximum absolute atomic E-state index is 12.2. The molecule has 1 N–H and O–H groups in total. The molecule has 20 heavy (non-hydrogen) atoms. The van der Waals surface area contributed by atoms with Crippen molar-refractivity contribution < 1.29 is 9.53 Å². The number of para-hydroxylation sites is 1. The van der Waals surface area contributed by atoms with Gasteiger partial charge in [0, 0.05) is 18.4 Å². The van der Waals surface area contributed by atoms with Crippen molar-refractivity contribution in [2.75, 3.05) is 19.6 Å². The highest BCUT2D eigenvalue weighted by Crippen LogP contribution is 2.12. The number of carbonyl (C=O) groups excluding carboxylic acids is 1. The second kappa shape index (κ2) is 7.22. The number of alkyl halides is 1. The Balaban J connectivity index is 2.13. The summed E-state index contributed by atoms with van der Waals surface area (Å²) in [5.41, 5.74) is 1.21. The number of halogens is 1. The molecule has 0 aliphatic carbocycles. The standard InChI is InChI=1S/C15H17ClN2O2/c1-20-10-12(8-9-16)17-15(19)14-7-6-11-4-2-3-5-13(11)18-14/h2-7,12H,8-10H2,1H3,(H,17,19). The summed E-state index contributed by atoms with van der Waals surface area (Å²) in [6.45, 7) is 0.437. The van der Waals surface area contributed by atoms with Crippen LogP contribution in [0.2, 0.25) is 0 Å². The van der Waals surface area contributed by atoms with Crippen LogP contribution in [0.3, 0.4) is 0 Å². The third-order valence-electron chi connectivity index (χ3n) is 2.99. The Morgan fingerprint density at radius 2 is 2.15 bits per heavy atom. The van der Waals surface area contributed by atoms with Crippen LogP contribution >= 0.6 is 11.6 Å². The zero-order valence-corrected chi connectivity index (χ0v) is 12.1. The zero-order valence-electron chi connectivity index (χ0n) is 11.3. The van der Waals surface area contributed by atoms with E-state index in [1.807, 2.05) is 30.3 Å². The van der Waals surface area contributed by atoms with Gasteiger partial charge in [0.1, 0.15) is 5.69 Å². The SMILES string of the molecule is COCC(CCCl)NC(=O)c1ccc2ccccc2n1. The maximum Gasteiger partial charge on any atom is 0.270 e. The van der Waals surface area contributed by atoms with Crippen molar-refractivity contribution in [3.8, 4) is 0 Å². The highest BCUT2D eigenvalue weighted by Gasteiger charge is 2.14. The number of pyridine rings is 1. The molecule has 2 rings (SSSR count). The summed E-state index contributed by atoms with van der Waals surface area (Å²) in [6, 6.07) is 11.2. The van der Waals surface area contributed by atoms with E-state index in [-0.39, 0.29) is 11.9 Å². The van der Waals surface area contributed by atoms with Crippen LogP contribution in [0.5, 0.6) is 0 Å². The van der Waals surface area contributed by atoms with E-state index in [0.29, 0.717) is 24.6 Å². The molecule has 1 heterocycles. The largest absolute Gasteiger partial charge is 0.383 e. The molecule has 106 valence electrons. The first kappa shape index (κ1) is 14.8. The molecule has 0 saturated heterocycles. The molecule has 1 atom stereocenters. The van der Waals surface area contributed by atoms with E-state index in [1.54, 1.807) is 13.2 Å². The number of carbonyl (C=O) groups is 1. The van der Waals surface area contributed by atoms with Gasteiger partial charge in [-0.3, -0.25) is 4.79 Å². The summed E-state index contributed by atoms with van der Waals surface area (Å²) in [7, 11) is 1.60. The maximum atomic E-state index is 12.2. The number of aromatic nitrogens is 1. The van der Waals surface area contributed by atoms with Gasteiger partial charge in [-0.2, -0.15) is 0 Å². The normalized spacial score (nSPS) is 12.3. The summed E-state index contributed by atoms with van der Waals surface area (Å²) in [6.07, 6.45) is 0.661. The molecule has 0 aliphatic heterocycles. The highest BCUT2D eigenvalue weighted by atomic mass is 35.5. The molecule has 0 bridgehead atoms. The first-order valence-corrected chi connectivity index (χ1v) is 6.99. The predicted octanol–water partition coefficient (Wildman–Crippen LogP) is 2.61. The third-order valence-corrected chi connectivity index (χ3v) is 3.21.